The van der Waals surface area contributed by atoms with E-state index in [-0.39, 0.29) is 18.5 Å². The Bertz CT molecular complexity index is 1510. The minimum Gasteiger partial charge on any atom is -0.378 e. The summed E-state index contributed by atoms with van der Waals surface area (Å²) in [7, 11) is 0. The van der Waals surface area contributed by atoms with E-state index in [0.29, 0.717) is 26.3 Å². The van der Waals surface area contributed by atoms with Gasteiger partial charge in [0.2, 0.25) is 17.6 Å². The number of nitrogens with zero attached hydrogens (tertiary/aromatic N) is 2. The maximum Gasteiger partial charge on any atom is 0.289 e. The largest absolute Gasteiger partial charge is 0.378 e. The molecule has 0 bridgehead atoms. The minimum absolute atomic E-state index is 0.166. The molecule has 1 aliphatic heterocycles. The third-order valence-corrected chi connectivity index (χ3v) is 7.77. The molecule has 3 aromatic rings. The van der Waals surface area contributed by atoms with Gasteiger partial charge < -0.3 is 30.9 Å². The molecule has 4 amide bonds. The van der Waals surface area contributed by atoms with E-state index in [1.165, 1.54) is 13.1 Å². The SMILES string of the molecule is CC(C)[C@H](NC(=O)[C@H](C)NC(=O)[C@H](Cc1ccccc1)NC(=O)c1ccc(N2CCOCC2)nc1)C(=O)C(=O)NCc1ccccc1. The predicted molar refractivity (Wildman–Crippen MR) is 176 cm³/mol. The second-order valence-corrected chi connectivity index (χ2v) is 11.7. The van der Waals surface area contributed by atoms with E-state index in [2.05, 4.69) is 31.2 Å². The number of pyridine rings is 1. The van der Waals surface area contributed by atoms with Gasteiger partial charge in [0.25, 0.3) is 11.8 Å². The van der Waals surface area contributed by atoms with Crippen LogP contribution in [0.5, 0.6) is 0 Å². The lowest BCUT2D eigenvalue weighted by Gasteiger charge is -2.27. The van der Waals surface area contributed by atoms with E-state index in [1.54, 1.807) is 26.0 Å². The van der Waals surface area contributed by atoms with Crippen LogP contribution in [-0.4, -0.2) is 78.8 Å². The average Bonchev–Trinajstić information content (AvgIpc) is 3.10. The summed E-state index contributed by atoms with van der Waals surface area (Å²) in [5.41, 5.74) is 1.91. The van der Waals surface area contributed by atoms with E-state index in [0.717, 1.165) is 16.9 Å². The second-order valence-electron chi connectivity index (χ2n) is 11.7. The number of rotatable bonds is 14. The van der Waals surface area contributed by atoms with Gasteiger partial charge in [-0.05, 0) is 36.1 Å². The normalized spacial score (nSPS) is 14.8. The standard InChI is InChI=1S/C35H42N6O6/c1-23(2)30(31(42)35(46)37-21-26-12-8-5-9-13-26)40-32(43)24(3)38-34(45)28(20-25-10-6-4-7-11-25)39-33(44)27-14-15-29(36-22-27)41-16-18-47-19-17-41/h4-15,22-24,28,30H,16-21H2,1-3H3,(H,37,46)(H,38,45)(H,39,44)(H,40,43)/t24-,28-,30-/m0/s1. The molecule has 0 spiro atoms. The summed E-state index contributed by atoms with van der Waals surface area (Å²) in [6.07, 6.45) is 1.63. The zero-order chi connectivity index (χ0) is 33.8. The zero-order valence-corrected chi connectivity index (χ0v) is 26.9. The van der Waals surface area contributed by atoms with E-state index < -0.39 is 53.5 Å². The maximum absolute atomic E-state index is 13.5. The van der Waals surface area contributed by atoms with Crippen LogP contribution in [0.4, 0.5) is 5.82 Å². The van der Waals surface area contributed by atoms with Crippen molar-refractivity contribution in [3.8, 4) is 0 Å². The van der Waals surface area contributed by atoms with Crippen LogP contribution in [0.15, 0.2) is 79.0 Å². The molecule has 0 radical (unpaired) electrons. The Morgan fingerprint density at radius 2 is 1.43 bits per heavy atom. The van der Waals surface area contributed by atoms with Crippen molar-refractivity contribution in [2.45, 2.75) is 51.9 Å². The molecule has 0 unspecified atom stereocenters. The lowest BCUT2D eigenvalue weighted by Crippen LogP contribution is -2.57. The van der Waals surface area contributed by atoms with Gasteiger partial charge in [-0.25, -0.2) is 4.98 Å². The summed E-state index contributed by atoms with van der Waals surface area (Å²) in [5, 5.41) is 10.7. The summed E-state index contributed by atoms with van der Waals surface area (Å²) in [5.74, 6) is -3.00. The lowest BCUT2D eigenvalue weighted by molar-refractivity contribution is -0.141. The van der Waals surface area contributed by atoms with Crippen molar-refractivity contribution in [2.75, 3.05) is 31.2 Å². The van der Waals surface area contributed by atoms with Crippen molar-refractivity contribution in [3.05, 3.63) is 95.7 Å². The number of hydrogen-bond acceptors (Lipinski definition) is 8. The number of carbonyl (C=O) groups excluding carboxylic acids is 5. The molecule has 1 fully saturated rings. The summed E-state index contributed by atoms with van der Waals surface area (Å²) in [6.45, 7) is 7.69. The Morgan fingerprint density at radius 1 is 0.787 bits per heavy atom. The Kier molecular flexibility index (Phi) is 12.6. The fourth-order valence-corrected chi connectivity index (χ4v) is 5.00. The van der Waals surface area contributed by atoms with Crippen LogP contribution in [-0.2, 0) is 36.9 Å². The average molecular weight is 643 g/mol. The van der Waals surface area contributed by atoms with Gasteiger partial charge >= 0.3 is 0 Å². The highest BCUT2D eigenvalue weighted by atomic mass is 16.5. The van der Waals surface area contributed by atoms with Gasteiger partial charge in [-0.15, -0.1) is 0 Å². The Balaban J connectivity index is 1.38. The Labute approximate surface area is 274 Å². The first-order chi connectivity index (χ1) is 22.6. The van der Waals surface area contributed by atoms with Gasteiger partial charge in [0.1, 0.15) is 17.9 Å². The van der Waals surface area contributed by atoms with Crippen molar-refractivity contribution in [1.29, 1.82) is 0 Å². The first-order valence-electron chi connectivity index (χ1n) is 15.7. The van der Waals surface area contributed by atoms with Crippen LogP contribution in [0.2, 0.25) is 0 Å². The number of anilines is 1. The number of ketones is 1. The van der Waals surface area contributed by atoms with E-state index in [4.69, 9.17) is 4.74 Å². The maximum atomic E-state index is 13.5. The molecule has 2 heterocycles. The van der Waals surface area contributed by atoms with Gasteiger partial charge in [-0.1, -0.05) is 74.5 Å². The van der Waals surface area contributed by atoms with Crippen molar-refractivity contribution in [3.63, 3.8) is 0 Å². The van der Waals surface area contributed by atoms with E-state index in [9.17, 15) is 24.0 Å². The minimum atomic E-state index is -1.11. The Morgan fingerprint density at radius 3 is 2.02 bits per heavy atom. The molecule has 2 aromatic carbocycles. The van der Waals surface area contributed by atoms with Crippen molar-refractivity contribution < 1.29 is 28.7 Å². The quantitative estimate of drug-likeness (QED) is 0.194. The fraction of sp³-hybridized carbons (Fsp3) is 0.371. The highest BCUT2D eigenvalue weighted by molar-refractivity contribution is 6.38. The molecule has 1 aliphatic rings. The van der Waals surface area contributed by atoms with Crippen LogP contribution in [0.1, 0.15) is 42.3 Å². The van der Waals surface area contributed by atoms with Crippen LogP contribution < -0.4 is 26.2 Å². The molecular weight excluding hydrogens is 600 g/mol. The zero-order valence-electron chi connectivity index (χ0n) is 26.9. The van der Waals surface area contributed by atoms with E-state index in [1.807, 2.05) is 60.7 Å². The van der Waals surface area contributed by atoms with Crippen molar-refractivity contribution in [1.82, 2.24) is 26.3 Å². The second kappa shape index (κ2) is 17.0. The van der Waals surface area contributed by atoms with Gasteiger partial charge in [0.15, 0.2) is 0 Å². The smallest absolute Gasteiger partial charge is 0.289 e. The number of morpholine rings is 1. The number of nitrogens with one attached hydrogen (secondary N) is 4. The van der Waals surface area contributed by atoms with Gasteiger partial charge in [-0.3, -0.25) is 24.0 Å². The molecule has 4 N–H and O–H groups in total. The summed E-state index contributed by atoms with van der Waals surface area (Å²) < 4.78 is 5.38. The summed E-state index contributed by atoms with van der Waals surface area (Å²) in [4.78, 5) is 72.0. The van der Waals surface area contributed by atoms with Crippen LogP contribution in [0.25, 0.3) is 0 Å². The molecule has 47 heavy (non-hydrogen) atoms. The van der Waals surface area contributed by atoms with Crippen LogP contribution in [0.3, 0.4) is 0 Å². The number of ether oxygens (including phenoxy) is 1. The number of benzene rings is 2. The van der Waals surface area contributed by atoms with Crippen LogP contribution in [0, 0.1) is 5.92 Å². The molecule has 3 atom stereocenters. The van der Waals surface area contributed by atoms with Gasteiger partial charge in [0, 0.05) is 32.3 Å². The van der Waals surface area contributed by atoms with E-state index >= 15 is 0 Å². The fourth-order valence-electron chi connectivity index (χ4n) is 5.00. The highest BCUT2D eigenvalue weighted by Crippen LogP contribution is 2.14. The molecule has 1 aromatic heterocycles. The lowest BCUT2D eigenvalue weighted by atomic mass is 9.98. The molecule has 1 saturated heterocycles. The topological polar surface area (TPSA) is 159 Å². The molecule has 4 rings (SSSR count). The number of aromatic nitrogens is 1. The highest BCUT2D eigenvalue weighted by Gasteiger charge is 2.32. The number of hydrogen-bond donors (Lipinski definition) is 4. The van der Waals surface area contributed by atoms with Crippen molar-refractivity contribution >= 4 is 35.2 Å². The first-order valence-corrected chi connectivity index (χ1v) is 15.7. The molecule has 12 nitrogen and oxygen atoms in total. The Hall–Kier alpha value is -5.10. The third-order valence-electron chi connectivity index (χ3n) is 7.77. The van der Waals surface area contributed by atoms with Crippen LogP contribution >= 0.6 is 0 Å². The third kappa shape index (κ3) is 10.2. The number of carbonyl (C=O) groups is 5. The van der Waals surface area contributed by atoms with Gasteiger partial charge in [-0.2, -0.15) is 0 Å². The predicted octanol–water partition coefficient (Wildman–Crippen LogP) is 1.79. The van der Waals surface area contributed by atoms with Crippen molar-refractivity contribution in [2.24, 2.45) is 5.92 Å². The number of Topliss-reactive ketones (excluding diaryl/α,β-unsaturated/α-hetero) is 1. The number of amides is 4. The van der Waals surface area contributed by atoms with Gasteiger partial charge in [0.05, 0.1) is 24.8 Å². The molecule has 248 valence electrons. The molecule has 12 heteroatoms. The molecule has 0 saturated carbocycles. The molecule has 0 aliphatic carbocycles. The summed E-state index contributed by atoms with van der Waals surface area (Å²) >= 11 is 0. The molecular formula is C35H42N6O6. The monoisotopic (exact) mass is 642 g/mol. The summed E-state index contributed by atoms with van der Waals surface area (Å²) in [6, 6.07) is 18.5. The first kappa shape index (κ1) is 34.8.